The summed E-state index contributed by atoms with van der Waals surface area (Å²) in [5.74, 6) is -1.88. The van der Waals surface area contributed by atoms with Gasteiger partial charge in [-0.05, 0) is 43.7 Å². The minimum atomic E-state index is -0.674. The highest BCUT2D eigenvalue weighted by Crippen LogP contribution is 2.34. The maximum atomic E-state index is 14.3. The van der Waals surface area contributed by atoms with E-state index in [0.717, 1.165) is 0 Å². The third-order valence-electron chi connectivity index (χ3n) is 3.99. The SMILES string of the molecule is C=C(C)c1c(C(=O)OC)ccc2c(-c3c(F)cccc3F)c(C)nn12. The summed E-state index contributed by atoms with van der Waals surface area (Å²) >= 11 is 0. The van der Waals surface area contributed by atoms with Crippen LogP contribution < -0.4 is 0 Å². The van der Waals surface area contributed by atoms with E-state index >= 15 is 0 Å². The maximum absolute atomic E-state index is 14.3. The second kappa shape index (κ2) is 6.12. The number of allylic oxidation sites excluding steroid dienone is 1. The zero-order valence-corrected chi connectivity index (χ0v) is 14.1. The number of nitrogens with zero attached hydrogens (tertiary/aromatic N) is 2. The van der Waals surface area contributed by atoms with E-state index in [4.69, 9.17) is 4.74 Å². The maximum Gasteiger partial charge on any atom is 0.340 e. The Morgan fingerprint density at radius 2 is 1.80 bits per heavy atom. The summed E-state index contributed by atoms with van der Waals surface area (Å²) in [7, 11) is 1.28. The molecule has 1 aromatic carbocycles. The number of hydrogen-bond donors (Lipinski definition) is 0. The summed E-state index contributed by atoms with van der Waals surface area (Å²) in [4.78, 5) is 12.0. The fourth-order valence-corrected chi connectivity index (χ4v) is 2.96. The van der Waals surface area contributed by atoms with Crippen LogP contribution in [0.2, 0.25) is 0 Å². The van der Waals surface area contributed by atoms with E-state index in [0.29, 0.717) is 28.0 Å². The number of aryl methyl sites for hydroxylation is 1. The fraction of sp³-hybridized carbons (Fsp3) is 0.158. The third-order valence-corrected chi connectivity index (χ3v) is 3.99. The molecule has 4 nitrogen and oxygen atoms in total. The van der Waals surface area contributed by atoms with Crippen LogP contribution in [-0.4, -0.2) is 22.7 Å². The van der Waals surface area contributed by atoms with Gasteiger partial charge in [-0.3, -0.25) is 0 Å². The molecule has 0 saturated carbocycles. The van der Waals surface area contributed by atoms with Gasteiger partial charge >= 0.3 is 5.97 Å². The lowest BCUT2D eigenvalue weighted by Crippen LogP contribution is -2.09. The lowest BCUT2D eigenvalue weighted by molar-refractivity contribution is 0.0599. The average Bonchev–Trinajstić information content (AvgIpc) is 2.89. The van der Waals surface area contributed by atoms with Crippen molar-refractivity contribution in [2.24, 2.45) is 0 Å². The molecule has 0 aliphatic heterocycles. The fourth-order valence-electron chi connectivity index (χ4n) is 2.96. The number of esters is 1. The number of aromatic nitrogens is 2. The second-order valence-corrected chi connectivity index (χ2v) is 5.72. The minimum Gasteiger partial charge on any atom is -0.465 e. The molecule has 0 atom stereocenters. The van der Waals surface area contributed by atoms with Crippen LogP contribution in [-0.2, 0) is 4.74 Å². The molecule has 25 heavy (non-hydrogen) atoms. The molecule has 0 fully saturated rings. The number of hydrogen-bond acceptors (Lipinski definition) is 3. The van der Waals surface area contributed by atoms with E-state index in [1.165, 1.54) is 29.8 Å². The first kappa shape index (κ1) is 16.8. The topological polar surface area (TPSA) is 43.6 Å². The number of benzene rings is 1. The molecule has 2 aromatic heterocycles. The van der Waals surface area contributed by atoms with Gasteiger partial charge in [0, 0.05) is 5.56 Å². The van der Waals surface area contributed by atoms with Crippen LogP contribution in [0.3, 0.4) is 0 Å². The van der Waals surface area contributed by atoms with Gasteiger partial charge in [0.1, 0.15) is 11.6 Å². The molecule has 0 aliphatic carbocycles. The first-order chi connectivity index (χ1) is 11.9. The Kier molecular flexibility index (Phi) is 4.12. The molecule has 2 heterocycles. The second-order valence-electron chi connectivity index (χ2n) is 5.72. The predicted molar refractivity (Wildman–Crippen MR) is 91.3 cm³/mol. The van der Waals surface area contributed by atoms with Gasteiger partial charge in [-0.1, -0.05) is 12.6 Å². The number of ether oxygens (including phenoxy) is 1. The summed E-state index contributed by atoms with van der Waals surface area (Å²) in [5.41, 5.74) is 2.42. The van der Waals surface area contributed by atoms with Gasteiger partial charge in [0.2, 0.25) is 0 Å². The predicted octanol–water partition coefficient (Wildman–Crippen LogP) is 4.41. The highest BCUT2D eigenvalue weighted by atomic mass is 19.1. The Morgan fingerprint density at radius 3 is 2.36 bits per heavy atom. The molecular formula is C19H16F2N2O2. The first-order valence-electron chi connectivity index (χ1n) is 7.57. The zero-order valence-electron chi connectivity index (χ0n) is 14.1. The number of fused-ring (bicyclic) bond motifs is 1. The number of methoxy groups -OCH3 is 1. The summed E-state index contributed by atoms with van der Waals surface area (Å²) < 4.78 is 34.8. The molecule has 0 radical (unpaired) electrons. The number of carbonyl (C=O) groups is 1. The van der Waals surface area contributed by atoms with E-state index in [9.17, 15) is 13.6 Å². The van der Waals surface area contributed by atoms with Crippen molar-refractivity contribution in [3.63, 3.8) is 0 Å². The number of pyridine rings is 1. The van der Waals surface area contributed by atoms with Crippen molar-refractivity contribution in [2.45, 2.75) is 13.8 Å². The van der Waals surface area contributed by atoms with E-state index < -0.39 is 17.6 Å². The van der Waals surface area contributed by atoms with Crippen LogP contribution in [0.15, 0.2) is 36.9 Å². The summed E-state index contributed by atoms with van der Waals surface area (Å²) in [6.45, 7) is 7.27. The Balaban J connectivity index is 2.42. The van der Waals surface area contributed by atoms with Gasteiger partial charge in [-0.25, -0.2) is 18.1 Å². The van der Waals surface area contributed by atoms with Gasteiger partial charge < -0.3 is 4.74 Å². The molecular weight excluding hydrogens is 326 g/mol. The highest BCUT2D eigenvalue weighted by molar-refractivity contribution is 5.96. The normalized spacial score (nSPS) is 10.9. The van der Waals surface area contributed by atoms with Gasteiger partial charge in [-0.15, -0.1) is 0 Å². The zero-order chi connectivity index (χ0) is 18.3. The molecule has 0 bridgehead atoms. The van der Waals surface area contributed by atoms with E-state index in [1.54, 1.807) is 26.0 Å². The molecule has 3 aromatic rings. The van der Waals surface area contributed by atoms with Gasteiger partial charge in [0.15, 0.2) is 0 Å². The average molecular weight is 342 g/mol. The van der Waals surface area contributed by atoms with Gasteiger partial charge in [0.05, 0.1) is 35.1 Å². The largest absolute Gasteiger partial charge is 0.465 e. The number of carbonyl (C=O) groups excluding carboxylic acids is 1. The summed E-state index contributed by atoms with van der Waals surface area (Å²) in [6, 6.07) is 6.85. The quantitative estimate of drug-likeness (QED) is 0.662. The highest BCUT2D eigenvalue weighted by Gasteiger charge is 2.23. The van der Waals surface area contributed by atoms with E-state index in [1.807, 2.05) is 0 Å². The first-order valence-corrected chi connectivity index (χ1v) is 7.57. The molecule has 0 spiro atoms. The monoisotopic (exact) mass is 342 g/mol. The molecule has 0 aliphatic rings. The molecule has 0 amide bonds. The smallest absolute Gasteiger partial charge is 0.340 e. The minimum absolute atomic E-state index is 0.145. The van der Waals surface area contributed by atoms with Crippen LogP contribution >= 0.6 is 0 Å². The summed E-state index contributed by atoms with van der Waals surface area (Å²) in [5, 5.41) is 4.38. The van der Waals surface area contributed by atoms with E-state index in [-0.39, 0.29) is 11.1 Å². The Hall–Kier alpha value is -3.02. The Bertz CT molecular complexity index is 1000. The molecule has 0 unspecified atom stereocenters. The molecule has 128 valence electrons. The molecule has 3 rings (SSSR count). The molecule has 0 N–H and O–H groups in total. The van der Waals surface area contributed by atoms with Gasteiger partial charge in [-0.2, -0.15) is 5.10 Å². The van der Waals surface area contributed by atoms with E-state index in [2.05, 4.69) is 11.7 Å². The standard InChI is InChI=1S/C19H16F2N2O2/c1-10(2)18-12(19(24)25-4)8-9-15-16(11(3)22-23(15)18)17-13(20)6-5-7-14(17)21/h5-9H,1H2,2-4H3. The van der Waals surface area contributed by atoms with Crippen LogP contribution in [0.4, 0.5) is 8.78 Å². The summed E-state index contributed by atoms with van der Waals surface area (Å²) in [6.07, 6.45) is 0. The van der Waals surface area contributed by atoms with Crippen molar-refractivity contribution >= 4 is 17.1 Å². The van der Waals surface area contributed by atoms with Crippen LogP contribution in [0.25, 0.3) is 22.2 Å². The number of rotatable bonds is 3. The van der Waals surface area contributed by atoms with Gasteiger partial charge in [0.25, 0.3) is 0 Å². The Labute approximate surface area is 143 Å². The van der Waals surface area contributed by atoms with Crippen molar-refractivity contribution in [3.05, 3.63) is 65.5 Å². The van der Waals surface area contributed by atoms with Crippen molar-refractivity contribution in [3.8, 4) is 11.1 Å². The lowest BCUT2D eigenvalue weighted by Gasteiger charge is -2.11. The molecule has 0 saturated heterocycles. The van der Waals surface area contributed by atoms with Crippen molar-refractivity contribution in [1.29, 1.82) is 0 Å². The number of halogens is 2. The lowest BCUT2D eigenvalue weighted by atomic mass is 10.0. The van der Waals surface area contributed by atoms with Crippen LogP contribution in [0.1, 0.15) is 28.7 Å². The molecule has 6 heteroatoms. The van der Waals surface area contributed by atoms with Crippen LogP contribution in [0.5, 0.6) is 0 Å². The van der Waals surface area contributed by atoms with Crippen LogP contribution in [0, 0.1) is 18.6 Å². The Morgan fingerprint density at radius 1 is 1.16 bits per heavy atom. The van der Waals surface area contributed by atoms with Crippen molar-refractivity contribution in [1.82, 2.24) is 9.61 Å². The third kappa shape index (κ3) is 2.59. The van der Waals surface area contributed by atoms with Crippen molar-refractivity contribution in [2.75, 3.05) is 7.11 Å². The van der Waals surface area contributed by atoms with Crippen molar-refractivity contribution < 1.29 is 18.3 Å².